The lowest BCUT2D eigenvalue weighted by molar-refractivity contribution is -0.0564. The Balaban J connectivity index is 1.87. The van der Waals surface area contributed by atoms with Crippen LogP contribution in [0.5, 0.6) is 11.5 Å². The highest BCUT2D eigenvalue weighted by atomic mass is 16.5. The molecule has 1 unspecified atom stereocenters. The number of hydrogen-bond donors (Lipinski definition) is 1. The minimum atomic E-state index is 0.106. The zero-order chi connectivity index (χ0) is 14.5. The fraction of sp³-hybridized carbons (Fsp3) is 0.600. The van der Waals surface area contributed by atoms with Crippen LogP contribution in [0.3, 0.4) is 0 Å². The van der Waals surface area contributed by atoms with E-state index in [1.165, 1.54) is 0 Å². The Morgan fingerprint density at radius 2 is 2.25 bits per heavy atom. The quantitative estimate of drug-likeness (QED) is 0.833. The van der Waals surface area contributed by atoms with Gasteiger partial charge in [0.05, 0.1) is 19.4 Å². The molecule has 5 nitrogen and oxygen atoms in total. The van der Waals surface area contributed by atoms with Crippen LogP contribution in [-0.2, 0) is 4.74 Å². The third-order valence-electron chi connectivity index (χ3n) is 3.54. The zero-order valence-corrected chi connectivity index (χ0v) is 12.5. The van der Waals surface area contributed by atoms with E-state index in [0.717, 1.165) is 25.4 Å². The van der Waals surface area contributed by atoms with Gasteiger partial charge >= 0.3 is 0 Å². The van der Waals surface area contributed by atoms with E-state index < -0.39 is 0 Å². The van der Waals surface area contributed by atoms with Gasteiger partial charge in [0.15, 0.2) is 0 Å². The Morgan fingerprint density at radius 1 is 1.45 bits per heavy atom. The second kappa shape index (κ2) is 6.81. The smallest absolute Gasteiger partial charge is 0.142 e. The van der Waals surface area contributed by atoms with E-state index >= 15 is 0 Å². The van der Waals surface area contributed by atoms with Gasteiger partial charge in [-0.25, -0.2) is 0 Å². The highest BCUT2D eigenvalue weighted by Gasteiger charge is 2.22. The summed E-state index contributed by atoms with van der Waals surface area (Å²) in [4.78, 5) is 2.40. The zero-order valence-electron chi connectivity index (χ0n) is 12.5. The maximum atomic E-state index is 5.86. The number of ether oxygens (including phenoxy) is 3. The van der Waals surface area contributed by atoms with Crippen molar-refractivity contribution in [1.29, 1.82) is 0 Å². The summed E-state index contributed by atoms with van der Waals surface area (Å²) >= 11 is 0. The number of nitrogens with two attached hydrogens (primary N) is 1. The molecule has 0 spiro atoms. The molecule has 5 heteroatoms. The lowest BCUT2D eigenvalue weighted by atomic mass is 10.2. The summed E-state index contributed by atoms with van der Waals surface area (Å²) in [7, 11) is 1.60. The van der Waals surface area contributed by atoms with Crippen LogP contribution >= 0.6 is 0 Å². The number of nitrogen functional groups attached to an aromatic ring is 1. The maximum absolute atomic E-state index is 5.86. The third kappa shape index (κ3) is 3.77. The molecular weight excluding hydrogens is 256 g/mol. The number of morpholine rings is 1. The van der Waals surface area contributed by atoms with Crippen molar-refractivity contribution in [2.24, 2.45) is 0 Å². The highest BCUT2D eigenvalue weighted by molar-refractivity contribution is 5.56. The first kappa shape index (κ1) is 14.9. The summed E-state index contributed by atoms with van der Waals surface area (Å²) < 4.78 is 16.6. The van der Waals surface area contributed by atoms with E-state index in [9.17, 15) is 0 Å². The van der Waals surface area contributed by atoms with Crippen molar-refractivity contribution >= 4 is 5.69 Å². The number of hydrogen-bond acceptors (Lipinski definition) is 5. The predicted molar refractivity (Wildman–Crippen MR) is 79.4 cm³/mol. The molecular formula is C15H24N2O3. The molecule has 1 saturated heterocycles. The monoisotopic (exact) mass is 280 g/mol. The van der Waals surface area contributed by atoms with E-state index in [0.29, 0.717) is 24.1 Å². The molecule has 112 valence electrons. The third-order valence-corrected chi connectivity index (χ3v) is 3.54. The molecule has 1 aliphatic heterocycles. The fourth-order valence-electron chi connectivity index (χ4n) is 2.30. The molecule has 1 heterocycles. The summed E-state index contributed by atoms with van der Waals surface area (Å²) in [5, 5.41) is 0. The second-order valence-corrected chi connectivity index (χ2v) is 5.30. The van der Waals surface area contributed by atoms with Gasteiger partial charge in [-0.2, -0.15) is 0 Å². The van der Waals surface area contributed by atoms with Gasteiger partial charge < -0.3 is 19.9 Å². The molecule has 0 radical (unpaired) electrons. The predicted octanol–water partition coefficient (Wildman–Crippen LogP) is 1.77. The van der Waals surface area contributed by atoms with Crippen LogP contribution in [0, 0.1) is 0 Å². The Kier molecular flexibility index (Phi) is 5.09. The van der Waals surface area contributed by atoms with Crippen molar-refractivity contribution in [2.45, 2.75) is 26.0 Å². The van der Waals surface area contributed by atoms with Gasteiger partial charge in [-0.1, -0.05) is 0 Å². The van der Waals surface area contributed by atoms with Crippen LogP contribution in [0.25, 0.3) is 0 Å². The fourth-order valence-corrected chi connectivity index (χ4v) is 2.30. The summed E-state index contributed by atoms with van der Waals surface area (Å²) in [6.45, 7) is 7.60. The van der Waals surface area contributed by atoms with Crippen molar-refractivity contribution in [1.82, 2.24) is 4.90 Å². The van der Waals surface area contributed by atoms with Crippen LogP contribution in [0.15, 0.2) is 18.2 Å². The second-order valence-electron chi connectivity index (χ2n) is 5.30. The molecule has 1 aliphatic rings. The van der Waals surface area contributed by atoms with E-state index in [4.69, 9.17) is 19.9 Å². The number of anilines is 1. The molecule has 0 amide bonds. The Bertz CT molecular complexity index is 437. The molecule has 0 bridgehead atoms. The minimum absolute atomic E-state index is 0.106. The lowest BCUT2D eigenvalue weighted by Crippen LogP contribution is -2.47. The van der Waals surface area contributed by atoms with Gasteiger partial charge in [0, 0.05) is 25.2 Å². The molecule has 0 saturated carbocycles. The molecule has 2 rings (SSSR count). The van der Waals surface area contributed by atoms with Crippen molar-refractivity contribution in [3.8, 4) is 11.5 Å². The lowest BCUT2D eigenvalue weighted by Gasteiger charge is -2.35. The normalized spacial score (nSPS) is 20.1. The van der Waals surface area contributed by atoms with E-state index in [1.54, 1.807) is 13.2 Å². The summed E-state index contributed by atoms with van der Waals surface area (Å²) in [5.74, 6) is 1.41. The van der Waals surface area contributed by atoms with Crippen LogP contribution in [0.4, 0.5) is 5.69 Å². The molecule has 0 aromatic heterocycles. The number of methoxy groups -OCH3 is 1. The van der Waals surface area contributed by atoms with Gasteiger partial charge in [-0.15, -0.1) is 0 Å². The first-order valence-electron chi connectivity index (χ1n) is 7.02. The standard InChI is InChI=1S/C15H24N2O3/c1-11(2)17-6-7-19-13(9-17)10-20-12-4-5-15(18-3)14(16)8-12/h4-5,8,11,13H,6-7,9-10,16H2,1-3H3. The Morgan fingerprint density at radius 3 is 2.90 bits per heavy atom. The molecule has 1 atom stereocenters. The van der Waals surface area contributed by atoms with Gasteiger partial charge in [-0.3, -0.25) is 4.90 Å². The topological polar surface area (TPSA) is 57.0 Å². The van der Waals surface area contributed by atoms with Crippen LogP contribution in [0.2, 0.25) is 0 Å². The van der Waals surface area contributed by atoms with Crippen LogP contribution in [-0.4, -0.2) is 50.5 Å². The minimum Gasteiger partial charge on any atom is -0.495 e. The Hall–Kier alpha value is -1.46. The molecule has 1 aromatic rings. The van der Waals surface area contributed by atoms with Crippen molar-refractivity contribution < 1.29 is 14.2 Å². The Labute approximate surface area is 120 Å². The number of benzene rings is 1. The average molecular weight is 280 g/mol. The molecule has 20 heavy (non-hydrogen) atoms. The van der Waals surface area contributed by atoms with Crippen molar-refractivity contribution in [2.75, 3.05) is 39.1 Å². The van der Waals surface area contributed by atoms with Gasteiger partial charge in [0.2, 0.25) is 0 Å². The van der Waals surface area contributed by atoms with Crippen LogP contribution < -0.4 is 15.2 Å². The van der Waals surface area contributed by atoms with E-state index in [1.807, 2.05) is 12.1 Å². The average Bonchev–Trinajstić information content (AvgIpc) is 2.45. The number of rotatable bonds is 5. The summed E-state index contributed by atoms with van der Waals surface area (Å²) in [5.41, 5.74) is 6.44. The van der Waals surface area contributed by atoms with Crippen LogP contribution in [0.1, 0.15) is 13.8 Å². The molecule has 1 fully saturated rings. The van der Waals surface area contributed by atoms with Gasteiger partial charge in [-0.05, 0) is 26.0 Å². The largest absolute Gasteiger partial charge is 0.495 e. The molecule has 1 aromatic carbocycles. The van der Waals surface area contributed by atoms with Crippen molar-refractivity contribution in [3.05, 3.63) is 18.2 Å². The van der Waals surface area contributed by atoms with E-state index in [2.05, 4.69) is 18.7 Å². The molecule has 0 aliphatic carbocycles. The van der Waals surface area contributed by atoms with E-state index in [-0.39, 0.29) is 6.10 Å². The first-order chi connectivity index (χ1) is 9.60. The first-order valence-corrected chi connectivity index (χ1v) is 7.02. The maximum Gasteiger partial charge on any atom is 0.142 e. The van der Waals surface area contributed by atoms with Crippen molar-refractivity contribution in [3.63, 3.8) is 0 Å². The highest BCUT2D eigenvalue weighted by Crippen LogP contribution is 2.26. The summed E-state index contributed by atoms with van der Waals surface area (Å²) in [6.07, 6.45) is 0.106. The number of nitrogens with zero attached hydrogens (tertiary/aromatic N) is 1. The van der Waals surface area contributed by atoms with Gasteiger partial charge in [0.1, 0.15) is 24.2 Å². The molecule has 2 N–H and O–H groups in total. The SMILES string of the molecule is COc1ccc(OCC2CN(C(C)C)CCO2)cc1N. The van der Waals surface area contributed by atoms with Gasteiger partial charge in [0.25, 0.3) is 0 Å². The summed E-state index contributed by atoms with van der Waals surface area (Å²) in [6, 6.07) is 5.99.